The summed E-state index contributed by atoms with van der Waals surface area (Å²) >= 11 is 0. The molecule has 0 amide bonds. The van der Waals surface area contributed by atoms with E-state index in [2.05, 4.69) is 9.72 Å². The van der Waals surface area contributed by atoms with Crippen LogP contribution in [0.5, 0.6) is 0 Å². The number of esters is 1. The molecule has 8 nitrogen and oxygen atoms in total. The topological polar surface area (TPSA) is 111 Å². The Labute approximate surface area is 122 Å². The third kappa shape index (κ3) is 8.77. The van der Waals surface area contributed by atoms with Gasteiger partial charge in [0, 0.05) is 32.8 Å². The van der Waals surface area contributed by atoms with Gasteiger partial charge in [-0.25, -0.2) is 4.79 Å². The fourth-order valence-corrected chi connectivity index (χ4v) is 1.39. The largest absolute Gasteiger partial charge is 0.466 e. The van der Waals surface area contributed by atoms with E-state index in [4.69, 9.17) is 9.84 Å². The lowest BCUT2D eigenvalue weighted by Crippen LogP contribution is -2.30. The van der Waals surface area contributed by atoms with Gasteiger partial charge in [-0.1, -0.05) is 0 Å². The van der Waals surface area contributed by atoms with E-state index in [0.29, 0.717) is 19.6 Å². The first-order valence-corrected chi connectivity index (χ1v) is 6.51. The predicted molar refractivity (Wildman–Crippen MR) is 76.1 cm³/mol. The van der Waals surface area contributed by atoms with E-state index in [0.717, 1.165) is 0 Å². The Morgan fingerprint density at radius 2 is 2.14 bits per heavy atom. The lowest BCUT2D eigenvalue weighted by Gasteiger charge is -2.12. The number of methoxy groups -OCH3 is 1. The van der Waals surface area contributed by atoms with Gasteiger partial charge < -0.3 is 19.1 Å². The van der Waals surface area contributed by atoms with E-state index in [1.807, 2.05) is 0 Å². The Balaban J connectivity index is 0.000000567. The molecule has 0 saturated carbocycles. The highest BCUT2D eigenvalue weighted by Gasteiger charge is 2.06. The van der Waals surface area contributed by atoms with E-state index >= 15 is 0 Å². The van der Waals surface area contributed by atoms with Crippen LogP contribution in [0.3, 0.4) is 0 Å². The van der Waals surface area contributed by atoms with Crippen molar-refractivity contribution in [3.63, 3.8) is 0 Å². The van der Waals surface area contributed by atoms with Gasteiger partial charge in [0.25, 0.3) is 5.56 Å². The monoisotopic (exact) mass is 302 g/mol. The Hall–Kier alpha value is -1.93. The Kier molecular flexibility index (Phi) is 9.82. The smallest absolute Gasteiger partial charge is 0.328 e. The maximum atomic E-state index is 11.2. The average molecular weight is 302 g/mol. The van der Waals surface area contributed by atoms with Crippen LogP contribution in [0.15, 0.2) is 21.9 Å². The molecule has 1 heterocycles. The molecular weight excluding hydrogens is 280 g/mol. The lowest BCUT2D eigenvalue weighted by atomic mass is 10.2. The number of aliphatic hydroxyl groups excluding tert-OH is 1. The molecule has 0 aromatic carbocycles. The molecule has 0 bridgehead atoms. The summed E-state index contributed by atoms with van der Waals surface area (Å²) in [5, 5.41) is 8.85. The zero-order chi connectivity index (χ0) is 16.3. The highest BCUT2D eigenvalue weighted by molar-refractivity contribution is 5.65. The molecule has 0 saturated heterocycles. The van der Waals surface area contributed by atoms with Crippen molar-refractivity contribution < 1.29 is 19.4 Å². The van der Waals surface area contributed by atoms with Crippen LogP contribution in [-0.4, -0.2) is 47.1 Å². The number of hydrogen-bond donors (Lipinski definition) is 2. The zero-order valence-electron chi connectivity index (χ0n) is 12.5. The second-order valence-electron chi connectivity index (χ2n) is 4.06. The van der Waals surface area contributed by atoms with Crippen LogP contribution in [0.4, 0.5) is 0 Å². The van der Waals surface area contributed by atoms with E-state index in [-0.39, 0.29) is 18.7 Å². The summed E-state index contributed by atoms with van der Waals surface area (Å²) in [6.07, 6.45) is 1.65. The molecule has 0 aliphatic carbocycles. The summed E-state index contributed by atoms with van der Waals surface area (Å²) in [6, 6.07) is 1.28. The molecule has 0 fully saturated rings. The third-order valence-electron chi connectivity index (χ3n) is 2.47. The number of aromatic amines is 1. The van der Waals surface area contributed by atoms with Gasteiger partial charge in [-0.3, -0.25) is 14.6 Å². The van der Waals surface area contributed by atoms with Crippen molar-refractivity contribution >= 4 is 5.97 Å². The molecule has 0 spiro atoms. The fourth-order valence-electron chi connectivity index (χ4n) is 1.39. The first kappa shape index (κ1) is 19.1. The third-order valence-corrected chi connectivity index (χ3v) is 2.47. The molecule has 0 aliphatic heterocycles. The van der Waals surface area contributed by atoms with Crippen LogP contribution in [0, 0.1) is 0 Å². The van der Waals surface area contributed by atoms with Crippen LogP contribution in [0.1, 0.15) is 20.3 Å². The Morgan fingerprint density at radius 3 is 2.52 bits per heavy atom. The second kappa shape index (κ2) is 10.8. The Bertz CT molecular complexity index is 518. The van der Waals surface area contributed by atoms with E-state index in [9.17, 15) is 14.4 Å². The number of nitrogens with one attached hydrogen (secondary N) is 1. The minimum absolute atomic E-state index is 0.0887. The molecule has 0 aliphatic rings. The number of carbonyl (C=O) groups excluding carboxylic acids is 1. The molecule has 0 radical (unpaired) electrons. The molecule has 21 heavy (non-hydrogen) atoms. The summed E-state index contributed by atoms with van der Waals surface area (Å²) in [5.41, 5.74) is -0.864. The molecule has 120 valence electrons. The summed E-state index contributed by atoms with van der Waals surface area (Å²) in [6.45, 7) is 3.96. The molecule has 1 aromatic heterocycles. The number of aliphatic hydroxyl groups is 1. The van der Waals surface area contributed by atoms with Gasteiger partial charge in [-0.15, -0.1) is 0 Å². The Morgan fingerprint density at radius 1 is 1.48 bits per heavy atom. The van der Waals surface area contributed by atoms with Crippen LogP contribution in [0.25, 0.3) is 0 Å². The van der Waals surface area contributed by atoms with Crippen LogP contribution >= 0.6 is 0 Å². The molecular formula is C13H22N2O6. The normalized spacial score (nSPS) is 11.2. The SMILES string of the molecule is CCOC(C)=O.COC(CO)CCn1ccc(=O)[nH]c1=O. The molecule has 1 rings (SSSR count). The van der Waals surface area contributed by atoms with Crippen LogP contribution in [-0.2, 0) is 20.8 Å². The van der Waals surface area contributed by atoms with Gasteiger partial charge >= 0.3 is 11.7 Å². The predicted octanol–water partition coefficient (Wildman–Crippen LogP) is -0.497. The van der Waals surface area contributed by atoms with Crippen molar-refractivity contribution in [2.45, 2.75) is 32.9 Å². The van der Waals surface area contributed by atoms with Crippen LogP contribution in [0.2, 0.25) is 0 Å². The number of aromatic nitrogens is 2. The van der Waals surface area contributed by atoms with Crippen molar-refractivity contribution in [1.82, 2.24) is 9.55 Å². The maximum Gasteiger partial charge on any atom is 0.328 e. The van der Waals surface area contributed by atoms with Crippen LogP contribution < -0.4 is 11.2 Å². The number of rotatable bonds is 6. The highest BCUT2D eigenvalue weighted by atomic mass is 16.5. The highest BCUT2D eigenvalue weighted by Crippen LogP contribution is 1.97. The van der Waals surface area contributed by atoms with E-state index < -0.39 is 11.2 Å². The van der Waals surface area contributed by atoms with Crippen molar-refractivity contribution in [3.8, 4) is 0 Å². The average Bonchev–Trinajstić information content (AvgIpc) is 2.42. The lowest BCUT2D eigenvalue weighted by molar-refractivity contribution is -0.140. The quantitative estimate of drug-likeness (QED) is 0.686. The number of nitrogens with zero attached hydrogens (tertiary/aromatic N) is 1. The van der Waals surface area contributed by atoms with E-state index in [1.54, 1.807) is 6.92 Å². The number of H-pyrrole nitrogens is 1. The first-order valence-electron chi connectivity index (χ1n) is 6.51. The summed E-state index contributed by atoms with van der Waals surface area (Å²) in [4.78, 5) is 34.0. The van der Waals surface area contributed by atoms with Crippen molar-refractivity contribution in [1.29, 1.82) is 0 Å². The fraction of sp³-hybridized carbons (Fsp3) is 0.615. The molecule has 2 N–H and O–H groups in total. The molecule has 1 atom stereocenters. The standard InChI is InChI=1S/C9H14N2O4.C4H8O2/c1-15-7(6-12)2-4-11-5-3-8(13)10-9(11)14;1-3-6-4(2)5/h3,5,7,12H,2,4,6H2,1H3,(H,10,13,14);3H2,1-2H3. The summed E-state index contributed by atoms with van der Waals surface area (Å²) < 4.78 is 10.7. The van der Waals surface area contributed by atoms with Crippen molar-refractivity contribution in [2.75, 3.05) is 20.3 Å². The molecule has 8 heteroatoms. The van der Waals surface area contributed by atoms with Gasteiger partial charge in [0.1, 0.15) is 0 Å². The number of carbonyl (C=O) groups is 1. The minimum Gasteiger partial charge on any atom is -0.466 e. The zero-order valence-corrected chi connectivity index (χ0v) is 12.5. The molecule has 1 aromatic rings. The van der Waals surface area contributed by atoms with Gasteiger partial charge in [0.15, 0.2) is 0 Å². The van der Waals surface area contributed by atoms with E-state index in [1.165, 1.54) is 30.9 Å². The number of ether oxygens (including phenoxy) is 2. The second-order valence-corrected chi connectivity index (χ2v) is 4.06. The van der Waals surface area contributed by atoms with Gasteiger partial charge in [0.05, 0.1) is 19.3 Å². The van der Waals surface area contributed by atoms with Crippen molar-refractivity contribution in [2.24, 2.45) is 0 Å². The van der Waals surface area contributed by atoms with Gasteiger partial charge in [-0.2, -0.15) is 0 Å². The maximum absolute atomic E-state index is 11.2. The number of hydrogen-bond acceptors (Lipinski definition) is 6. The first-order chi connectivity index (χ1) is 9.94. The van der Waals surface area contributed by atoms with Gasteiger partial charge in [-0.05, 0) is 13.3 Å². The summed E-state index contributed by atoms with van der Waals surface area (Å²) in [7, 11) is 1.50. The van der Waals surface area contributed by atoms with Crippen molar-refractivity contribution in [3.05, 3.63) is 33.1 Å². The molecule has 1 unspecified atom stereocenters. The van der Waals surface area contributed by atoms with Gasteiger partial charge in [0.2, 0.25) is 0 Å². The number of aryl methyl sites for hydroxylation is 1. The minimum atomic E-state index is -0.449. The summed E-state index contributed by atoms with van der Waals surface area (Å²) in [5.74, 6) is -0.211.